The molecule has 1 N–H and O–H groups in total. The number of alkyl halides is 3. The molecule has 5 nitrogen and oxygen atoms in total. The van der Waals surface area contributed by atoms with Gasteiger partial charge in [-0.2, -0.15) is 13.2 Å². The van der Waals surface area contributed by atoms with Gasteiger partial charge in [-0.05, 0) is 12.1 Å². The van der Waals surface area contributed by atoms with Crippen LogP contribution in [0.1, 0.15) is 16.1 Å². The quantitative estimate of drug-likeness (QED) is 0.787. The van der Waals surface area contributed by atoms with E-state index in [1.807, 2.05) is 0 Å². The second-order valence-electron chi connectivity index (χ2n) is 4.28. The number of imidazole rings is 1. The third-order valence-electron chi connectivity index (χ3n) is 2.96. The summed E-state index contributed by atoms with van der Waals surface area (Å²) in [7, 11) is 0. The van der Waals surface area contributed by atoms with Crippen LogP contribution in [-0.2, 0) is 6.18 Å². The van der Waals surface area contributed by atoms with Crippen molar-refractivity contribution in [2.24, 2.45) is 0 Å². The zero-order valence-corrected chi connectivity index (χ0v) is 10.3. The minimum Gasteiger partial charge on any atom is -0.476 e. The summed E-state index contributed by atoms with van der Waals surface area (Å²) in [4.78, 5) is 14.4. The molecule has 0 fully saturated rings. The molecule has 3 heterocycles. The van der Waals surface area contributed by atoms with Gasteiger partial charge in [-0.1, -0.05) is 0 Å². The Bertz CT molecular complexity index is 819. The summed E-state index contributed by atoms with van der Waals surface area (Å²) < 4.78 is 45.9. The molecule has 0 atom stereocenters. The second-order valence-corrected chi connectivity index (χ2v) is 4.28. The van der Waals surface area contributed by atoms with E-state index in [1.165, 1.54) is 30.9 Å². The molecule has 108 valence electrons. The molecule has 0 radical (unpaired) electrons. The van der Waals surface area contributed by atoms with Gasteiger partial charge in [0, 0.05) is 23.5 Å². The lowest BCUT2D eigenvalue weighted by atomic mass is 10.0. The van der Waals surface area contributed by atoms with Crippen molar-refractivity contribution < 1.29 is 27.5 Å². The molecule has 0 saturated carbocycles. The lowest BCUT2D eigenvalue weighted by Gasteiger charge is -2.12. The van der Waals surface area contributed by atoms with E-state index < -0.39 is 29.1 Å². The summed E-state index contributed by atoms with van der Waals surface area (Å²) in [6.07, 6.45) is 0.116. The van der Waals surface area contributed by atoms with E-state index in [0.717, 1.165) is 10.6 Å². The van der Waals surface area contributed by atoms with Gasteiger partial charge < -0.3 is 13.9 Å². The Morgan fingerprint density at radius 2 is 2.10 bits per heavy atom. The van der Waals surface area contributed by atoms with Gasteiger partial charge in [-0.15, -0.1) is 0 Å². The van der Waals surface area contributed by atoms with E-state index in [4.69, 9.17) is 9.52 Å². The lowest BCUT2D eigenvalue weighted by molar-refractivity contribution is -0.136. The first kappa shape index (κ1) is 13.2. The summed E-state index contributed by atoms with van der Waals surface area (Å²) in [6.45, 7) is 0. The number of halogens is 3. The number of pyridine rings is 1. The number of furan rings is 1. The van der Waals surface area contributed by atoms with Crippen LogP contribution in [0, 0.1) is 0 Å². The summed E-state index contributed by atoms with van der Waals surface area (Å²) in [5.41, 5.74) is -1.79. The molecule has 0 bridgehead atoms. The number of carbonyl (C=O) groups is 1. The van der Waals surface area contributed by atoms with E-state index in [-0.39, 0.29) is 11.1 Å². The van der Waals surface area contributed by atoms with Crippen molar-refractivity contribution in [2.45, 2.75) is 6.18 Å². The number of hydrogen-bond donors (Lipinski definition) is 1. The van der Waals surface area contributed by atoms with Crippen molar-refractivity contribution in [3.8, 4) is 11.1 Å². The Hall–Kier alpha value is -2.77. The van der Waals surface area contributed by atoms with Crippen LogP contribution in [-0.4, -0.2) is 20.5 Å². The first-order valence-corrected chi connectivity index (χ1v) is 5.72. The second kappa shape index (κ2) is 4.37. The monoisotopic (exact) mass is 296 g/mol. The zero-order valence-electron chi connectivity index (χ0n) is 10.3. The van der Waals surface area contributed by atoms with Crippen molar-refractivity contribution in [3.05, 3.63) is 48.3 Å². The highest BCUT2D eigenvalue weighted by molar-refractivity contribution is 5.87. The van der Waals surface area contributed by atoms with Gasteiger partial charge in [0.15, 0.2) is 11.3 Å². The number of carboxylic acid groups (broad SMARTS) is 1. The third-order valence-corrected chi connectivity index (χ3v) is 2.96. The average molecular weight is 296 g/mol. The largest absolute Gasteiger partial charge is 0.476 e. The minimum absolute atomic E-state index is 0.119. The summed E-state index contributed by atoms with van der Waals surface area (Å²) in [5.74, 6) is -1.39. The molecule has 3 aromatic heterocycles. The Morgan fingerprint density at radius 1 is 1.33 bits per heavy atom. The number of carboxylic acids is 1. The SMILES string of the molecule is O=C(O)c1cn2ccc(-c3ccoc3)c(C(F)(F)F)c2n1. The van der Waals surface area contributed by atoms with Gasteiger partial charge in [-0.3, -0.25) is 0 Å². The maximum absolute atomic E-state index is 13.3. The van der Waals surface area contributed by atoms with Crippen molar-refractivity contribution >= 4 is 11.6 Å². The molecular formula is C13H7F3N2O3. The standard InChI is InChI=1S/C13H7F3N2O3/c14-13(15,16)10-8(7-2-4-21-6-7)1-3-18-5-9(12(19)20)17-11(10)18/h1-6H,(H,19,20). The number of aromatic carboxylic acids is 1. The molecular weight excluding hydrogens is 289 g/mol. The van der Waals surface area contributed by atoms with Gasteiger partial charge in [0.25, 0.3) is 0 Å². The van der Waals surface area contributed by atoms with Gasteiger partial charge in [0.05, 0.1) is 12.5 Å². The molecule has 0 aliphatic heterocycles. The summed E-state index contributed by atoms with van der Waals surface area (Å²) >= 11 is 0. The Kier molecular flexibility index (Phi) is 2.75. The predicted octanol–water partition coefficient (Wildman–Crippen LogP) is 3.31. The highest BCUT2D eigenvalue weighted by atomic mass is 19.4. The molecule has 0 aromatic carbocycles. The highest BCUT2D eigenvalue weighted by Crippen LogP contribution is 2.39. The molecule has 0 aliphatic carbocycles. The molecule has 3 rings (SSSR count). The molecule has 3 aromatic rings. The summed E-state index contributed by atoms with van der Waals surface area (Å²) in [5, 5.41) is 8.86. The average Bonchev–Trinajstić information content (AvgIpc) is 3.05. The number of hydrogen-bond acceptors (Lipinski definition) is 3. The van der Waals surface area contributed by atoms with Crippen LogP contribution in [0.5, 0.6) is 0 Å². The molecule has 8 heteroatoms. The minimum atomic E-state index is -4.68. The smallest absolute Gasteiger partial charge is 0.420 e. The van der Waals surface area contributed by atoms with Crippen LogP contribution >= 0.6 is 0 Å². The normalized spacial score (nSPS) is 12.0. The van der Waals surface area contributed by atoms with Gasteiger partial charge in [0.2, 0.25) is 0 Å². The van der Waals surface area contributed by atoms with E-state index in [9.17, 15) is 18.0 Å². The highest BCUT2D eigenvalue weighted by Gasteiger charge is 2.37. The molecule has 0 amide bonds. The Labute approximate surface area is 115 Å². The maximum Gasteiger partial charge on any atom is 0.420 e. The van der Waals surface area contributed by atoms with Gasteiger partial charge in [0.1, 0.15) is 5.56 Å². The molecule has 21 heavy (non-hydrogen) atoms. The van der Waals surface area contributed by atoms with Crippen LogP contribution in [0.2, 0.25) is 0 Å². The van der Waals surface area contributed by atoms with Crippen molar-refractivity contribution in [2.75, 3.05) is 0 Å². The first-order chi connectivity index (χ1) is 9.88. The maximum atomic E-state index is 13.3. The van der Waals surface area contributed by atoms with E-state index in [1.54, 1.807) is 0 Å². The molecule has 0 saturated heterocycles. The predicted molar refractivity (Wildman–Crippen MR) is 64.9 cm³/mol. The molecule has 0 spiro atoms. The van der Waals surface area contributed by atoms with E-state index >= 15 is 0 Å². The van der Waals surface area contributed by atoms with Gasteiger partial charge in [-0.25, -0.2) is 9.78 Å². The number of fused-ring (bicyclic) bond motifs is 1. The lowest BCUT2D eigenvalue weighted by Crippen LogP contribution is -2.10. The van der Waals surface area contributed by atoms with Crippen molar-refractivity contribution in [3.63, 3.8) is 0 Å². The van der Waals surface area contributed by atoms with Gasteiger partial charge >= 0.3 is 12.1 Å². The fraction of sp³-hybridized carbons (Fsp3) is 0.0769. The van der Waals surface area contributed by atoms with Crippen LogP contribution in [0.3, 0.4) is 0 Å². The Morgan fingerprint density at radius 3 is 2.67 bits per heavy atom. The summed E-state index contributed by atoms with van der Waals surface area (Å²) in [6, 6.07) is 2.64. The molecule has 0 unspecified atom stereocenters. The zero-order chi connectivity index (χ0) is 15.2. The third kappa shape index (κ3) is 2.14. The Balaban J connectivity index is 2.37. The van der Waals surface area contributed by atoms with E-state index in [2.05, 4.69) is 4.98 Å². The fourth-order valence-corrected chi connectivity index (χ4v) is 2.09. The topological polar surface area (TPSA) is 67.7 Å². The number of nitrogens with zero attached hydrogens (tertiary/aromatic N) is 2. The fourth-order valence-electron chi connectivity index (χ4n) is 2.09. The van der Waals surface area contributed by atoms with Crippen LogP contribution in [0.25, 0.3) is 16.8 Å². The molecule has 0 aliphatic rings. The van der Waals surface area contributed by atoms with E-state index in [0.29, 0.717) is 0 Å². The van der Waals surface area contributed by atoms with Crippen molar-refractivity contribution in [1.29, 1.82) is 0 Å². The van der Waals surface area contributed by atoms with Crippen LogP contribution < -0.4 is 0 Å². The van der Waals surface area contributed by atoms with Crippen LogP contribution in [0.4, 0.5) is 13.2 Å². The van der Waals surface area contributed by atoms with Crippen molar-refractivity contribution in [1.82, 2.24) is 9.38 Å². The first-order valence-electron chi connectivity index (χ1n) is 5.72. The van der Waals surface area contributed by atoms with Crippen LogP contribution in [0.15, 0.2) is 41.5 Å². The number of aromatic nitrogens is 2. The number of rotatable bonds is 2.